The maximum Gasteiger partial charge on any atom is 0.224 e. The second-order valence-corrected chi connectivity index (χ2v) is 5.89. The number of halogens is 3. The van der Waals surface area contributed by atoms with Crippen molar-refractivity contribution in [2.75, 3.05) is 11.9 Å². The van der Waals surface area contributed by atoms with Crippen molar-refractivity contribution in [3.8, 4) is 0 Å². The molecule has 0 aromatic heterocycles. The Bertz CT molecular complexity index is 454. The summed E-state index contributed by atoms with van der Waals surface area (Å²) < 4.78 is 13.3. The van der Waals surface area contributed by atoms with Crippen LogP contribution >= 0.6 is 23.2 Å². The number of hydrogen-bond donors (Lipinski definition) is 2. The van der Waals surface area contributed by atoms with Crippen molar-refractivity contribution >= 4 is 34.8 Å². The lowest BCUT2D eigenvalue weighted by Crippen LogP contribution is -2.15. The fourth-order valence-electron chi connectivity index (χ4n) is 2.26. The topological polar surface area (TPSA) is 55.1 Å². The summed E-state index contributed by atoms with van der Waals surface area (Å²) in [5, 5.41) is 2.47. The van der Waals surface area contributed by atoms with Crippen molar-refractivity contribution in [2.24, 2.45) is 11.7 Å². The molecule has 1 aromatic carbocycles. The normalized spacial score (nSPS) is 12.2. The molecule has 0 spiro atoms. The average molecular weight is 335 g/mol. The molecule has 0 aliphatic heterocycles. The van der Waals surface area contributed by atoms with Crippen LogP contribution in [0.4, 0.5) is 10.1 Å². The van der Waals surface area contributed by atoms with Gasteiger partial charge in [-0.25, -0.2) is 4.39 Å². The second-order valence-electron chi connectivity index (χ2n) is 5.07. The summed E-state index contributed by atoms with van der Waals surface area (Å²) in [7, 11) is 0. The summed E-state index contributed by atoms with van der Waals surface area (Å²) in [4.78, 5) is 11.9. The molecule has 0 fully saturated rings. The summed E-state index contributed by atoms with van der Waals surface area (Å²) in [6, 6.07) is 2.70. The van der Waals surface area contributed by atoms with Gasteiger partial charge in [-0.3, -0.25) is 4.79 Å². The van der Waals surface area contributed by atoms with Gasteiger partial charge in [0.05, 0.1) is 10.0 Å². The summed E-state index contributed by atoms with van der Waals surface area (Å²) in [5.41, 5.74) is 5.98. The van der Waals surface area contributed by atoms with Crippen LogP contribution in [-0.4, -0.2) is 12.5 Å². The summed E-state index contributed by atoms with van der Waals surface area (Å²) >= 11 is 11.4. The minimum Gasteiger partial charge on any atom is -0.330 e. The average Bonchev–Trinajstić information content (AvgIpc) is 2.42. The number of nitrogens with one attached hydrogen (secondary N) is 1. The monoisotopic (exact) mass is 334 g/mol. The number of carbonyl (C=O) groups excluding carboxylic acids is 1. The van der Waals surface area contributed by atoms with Gasteiger partial charge in [0.15, 0.2) is 5.82 Å². The third kappa shape index (κ3) is 6.20. The highest BCUT2D eigenvalue weighted by Crippen LogP contribution is 2.27. The van der Waals surface area contributed by atoms with Gasteiger partial charge in [0, 0.05) is 12.1 Å². The van der Waals surface area contributed by atoms with Gasteiger partial charge in [-0.05, 0) is 37.4 Å². The summed E-state index contributed by atoms with van der Waals surface area (Å²) in [6.45, 7) is 2.75. The van der Waals surface area contributed by atoms with Gasteiger partial charge in [0.1, 0.15) is 0 Å². The molecule has 0 heterocycles. The third-order valence-electron chi connectivity index (χ3n) is 3.32. The minimum atomic E-state index is -0.678. The maximum absolute atomic E-state index is 13.3. The van der Waals surface area contributed by atoms with E-state index in [0.717, 1.165) is 25.7 Å². The molecule has 0 saturated carbocycles. The Morgan fingerprint density at radius 2 is 1.90 bits per heavy atom. The van der Waals surface area contributed by atoms with Crippen LogP contribution in [-0.2, 0) is 4.79 Å². The van der Waals surface area contributed by atoms with E-state index >= 15 is 0 Å². The zero-order valence-electron chi connectivity index (χ0n) is 12.1. The summed E-state index contributed by atoms with van der Waals surface area (Å²) in [5.74, 6) is -0.347. The van der Waals surface area contributed by atoms with E-state index < -0.39 is 5.82 Å². The molecule has 1 aromatic rings. The molecule has 0 saturated heterocycles. The van der Waals surface area contributed by atoms with Gasteiger partial charge in [0.25, 0.3) is 0 Å². The first-order chi connectivity index (χ1) is 9.97. The third-order valence-corrected chi connectivity index (χ3v) is 3.87. The molecule has 0 bridgehead atoms. The first-order valence-corrected chi connectivity index (χ1v) is 7.88. The van der Waals surface area contributed by atoms with E-state index in [2.05, 4.69) is 12.2 Å². The number of benzene rings is 1. The number of hydrogen-bond acceptors (Lipinski definition) is 2. The standard InChI is InChI=1S/C15H21Cl2FN2O/c1-2-3-10(6-7-19)4-5-14(21)20-11-8-12(16)15(18)13(17)9-11/h8-10H,2-7,19H2,1H3,(H,20,21). The van der Waals surface area contributed by atoms with Crippen LogP contribution in [0.3, 0.4) is 0 Å². The van der Waals surface area contributed by atoms with Crippen LogP contribution in [0.25, 0.3) is 0 Å². The van der Waals surface area contributed by atoms with Crippen molar-refractivity contribution in [1.29, 1.82) is 0 Å². The van der Waals surface area contributed by atoms with Crippen LogP contribution in [0.2, 0.25) is 10.0 Å². The number of nitrogens with two attached hydrogens (primary N) is 1. The zero-order valence-corrected chi connectivity index (χ0v) is 13.6. The van der Waals surface area contributed by atoms with E-state index in [9.17, 15) is 9.18 Å². The van der Waals surface area contributed by atoms with Crippen molar-refractivity contribution in [1.82, 2.24) is 0 Å². The van der Waals surface area contributed by atoms with Gasteiger partial charge in [-0.15, -0.1) is 0 Å². The molecule has 0 radical (unpaired) electrons. The van der Waals surface area contributed by atoms with E-state index in [1.165, 1.54) is 12.1 Å². The van der Waals surface area contributed by atoms with Gasteiger partial charge >= 0.3 is 0 Å². The Morgan fingerprint density at radius 3 is 2.43 bits per heavy atom. The number of rotatable bonds is 8. The first kappa shape index (κ1) is 18.2. The van der Waals surface area contributed by atoms with Crippen molar-refractivity contribution < 1.29 is 9.18 Å². The lowest BCUT2D eigenvalue weighted by molar-refractivity contribution is -0.116. The number of amides is 1. The largest absolute Gasteiger partial charge is 0.330 e. The van der Waals surface area contributed by atoms with Gasteiger partial charge in [0.2, 0.25) is 5.91 Å². The Morgan fingerprint density at radius 1 is 1.29 bits per heavy atom. The fourth-order valence-corrected chi connectivity index (χ4v) is 2.75. The predicted molar refractivity (Wildman–Crippen MR) is 86.4 cm³/mol. The minimum absolute atomic E-state index is 0.107. The lowest BCUT2D eigenvalue weighted by Gasteiger charge is -2.14. The molecule has 1 unspecified atom stereocenters. The van der Waals surface area contributed by atoms with E-state index in [-0.39, 0.29) is 16.0 Å². The molecule has 6 heteroatoms. The predicted octanol–water partition coefficient (Wildman–Crippen LogP) is 4.62. The Kier molecular flexibility index (Phi) is 8.01. The van der Waals surface area contributed by atoms with E-state index in [1.54, 1.807) is 0 Å². The summed E-state index contributed by atoms with van der Waals surface area (Å²) in [6.07, 6.45) is 4.26. The molecule has 0 aliphatic rings. The molecule has 0 aliphatic carbocycles. The Balaban J connectivity index is 2.53. The highest BCUT2D eigenvalue weighted by molar-refractivity contribution is 6.35. The number of anilines is 1. The van der Waals surface area contributed by atoms with Gasteiger partial charge < -0.3 is 11.1 Å². The molecule has 1 rings (SSSR count). The van der Waals surface area contributed by atoms with E-state index in [1.807, 2.05) is 0 Å². The second kappa shape index (κ2) is 9.23. The SMILES string of the molecule is CCCC(CCN)CCC(=O)Nc1cc(Cl)c(F)c(Cl)c1. The van der Waals surface area contributed by atoms with Crippen molar-refractivity contribution in [2.45, 2.75) is 39.0 Å². The molecular formula is C15H21Cl2FN2O. The molecule has 3 N–H and O–H groups in total. The van der Waals surface area contributed by atoms with Crippen LogP contribution in [0.15, 0.2) is 12.1 Å². The van der Waals surface area contributed by atoms with Crippen LogP contribution in [0.1, 0.15) is 39.0 Å². The lowest BCUT2D eigenvalue weighted by atomic mass is 9.94. The molecule has 118 valence electrons. The Hall–Kier alpha value is -0.840. The smallest absolute Gasteiger partial charge is 0.224 e. The molecular weight excluding hydrogens is 314 g/mol. The van der Waals surface area contributed by atoms with Gasteiger partial charge in [-0.2, -0.15) is 0 Å². The molecule has 3 nitrogen and oxygen atoms in total. The van der Waals surface area contributed by atoms with Crippen molar-refractivity contribution in [3.63, 3.8) is 0 Å². The van der Waals surface area contributed by atoms with Gasteiger partial charge in [-0.1, -0.05) is 43.0 Å². The molecule has 1 amide bonds. The highest BCUT2D eigenvalue weighted by Gasteiger charge is 2.12. The van der Waals surface area contributed by atoms with E-state index in [4.69, 9.17) is 28.9 Å². The van der Waals surface area contributed by atoms with Crippen LogP contribution in [0, 0.1) is 11.7 Å². The van der Waals surface area contributed by atoms with Crippen LogP contribution in [0.5, 0.6) is 0 Å². The fraction of sp³-hybridized carbons (Fsp3) is 0.533. The number of carbonyl (C=O) groups is 1. The van der Waals surface area contributed by atoms with E-state index in [0.29, 0.717) is 24.6 Å². The first-order valence-electron chi connectivity index (χ1n) is 7.12. The molecule has 21 heavy (non-hydrogen) atoms. The Labute approximate surface area is 135 Å². The van der Waals surface area contributed by atoms with Crippen molar-refractivity contribution in [3.05, 3.63) is 28.0 Å². The molecule has 1 atom stereocenters. The quantitative estimate of drug-likeness (QED) is 0.681. The highest BCUT2D eigenvalue weighted by atomic mass is 35.5. The van der Waals surface area contributed by atoms with Crippen LogP contribution < -0.4 is 11.1 Å². The zero-order chi connectivity index (χ0) is 15.8. The maximum atomic E-state index is 13.3.